The van der Waals surface area contributed by atoms with Gasteiger partial charge in [0.25, 0.3) is 0 Å². The van der Waals surface area contributed by atoms with E-state index in [2.05, 4.69) is 26.1 Å². The van der Waals surface area contributed by atoms with Crippen LogP contribution >= 0.6 is 15.9 Å². The van der Waals surface area contributed by atoms with E-state index in [-0.39, 0.29) is 0 Å². The molecule has 0 bridgehead atoms. The first-order valence-electron chi connectivity index (χ1n) is 2.24. The molecule has 0 radical (unpaired) electrons. The van der Waals surface area contributed by atoms with Crippen LogP contribution in [0.4, 0.5) is 0 Å². The highest BCUT2D eigenvalue weighted by Crippen LogP contribution is 1.94. The summed E-state index contributed by atoms with van der Waals surface area (Å²) in [6, 6.07) is 0. The highest BCUT2D eigenvalue weighted by Gasteiger charge is 1.93. The molecule has 1 aromatic rings. The van der Waals surface area contributed by atoms with E-state index in [0.717, 1.165) is 11.8 Å². The van der Waals surface area contributed by atoms with Gasteiger partial charge in [-0.2, -0.15) is 0 Å². The quantitative estimate of drug-likeness (QED) is 0.632. The van der Waals surface area contributed by atoms with Gasteiger partial charge in [-0.15, -0.1) is 10.2 Å². The van der Waals surface area contributed by atoms with Crippen LogP contribution in [0.1, 0.15) is 5.89 Å². The van der Waals surface area contributed by atoms with Crippen LogP contribution in [0.25, 0.3) is 0 Å². The molecule has 1 rings (SSSR count). The highest BCUT2D eigenvalue weighted by molar-refractivity contribution is 9.09. The van der Waals surface area contributed by atoms with Gasteiger partial charge in [0.05, 0.1) is 0 Å². The van der Waals surface area contributed by atoms with E-state index in [0.29, 0.717) is 5.89 Å². The number of nitrogens with zero attached hydrogens (tertiary/aromatic N) is 2. The van der Waals surface area contributed by atoms with Gasteiger partial charge < -0.3 is 4.42 Å². The fourth-order valence-electron chi connectivity index (χ4n) is 0.386. The lowest BCUT2D eigenvalue weighted by Gasteiger charge is -1.80. The normalized spacial score (nSPS) is 9.62. The van der Waals surface area contributed by atoms with Crippen molar-refractivity contribution in [2.75, 3.05) is 5.33 Å². The molecule has 0 unspecified atom stereocenters. The Balaban J connectivity index is 2.50. The lowest BCUT2D eigenvalue weighted by Crippen LogP contribution is -1.83. The molecule has 3 nitrogen and oxygen atoms in total. The third-order valence-corrected chi connectivity index (χ3v) is 1.11. The molecule has 0 N–H and O–H groups in total. The third kappa shape index (κ3) is 1.30. The zero-order chi connectivity index (χ0) is 5.82. The van der Waals surface area contributed by atoms with Crippen LogP contribution in [-0.4, -0.2) is 15.5 Å². The number of aromatic nitrogens is 2. The van der Waals surface area contributed by atoms with E-state index in [4.69, 9.17) is 4.42 Å². The lowest BCUT2D eigenvalue weighted by molar-refractivity contribution is 0.501. The molecule has 0 aliphatic carbocycles. The summed E-state index contributed by atoms with van der Waals surface area (Å²) in [5.74, 6) is 0.682. The molecule has 1 heterocycles. The van der Waals surface area contributed by atoms with Crippen molar-refractivity contribution < 1.29 is 4.42 Å². The maximum atomic E-state index is 4.82. The van der Waals surface area contributed by atoms with E-state index >= 15 is 0 Å². The van der Waals surface area contributed by atoms with Gasteiger partial charge in [-0.1, -0.05) is 15.9 Å². The Hall–Kier alpha value is -0.380. The zero-order valence-corrected chi connectivity index (χ0v) is 5.76. The summed E-state index contributed by atoms with van der Waals surface area (Å²) in [5.41, 5.74) is 0. The number of hydrogen-bond donors (Lipinski definition) is 0. The van der Waals surface area contributed by atoms with Crippen molar-refractivity contribution in [3.8, 4) is 0 Å². The molecule has 0 atom stereocenters. The van der Waals surface area contributed by atoms with Gasteiger partial charge >= 0.3 is 0 Å². The molecular formula is C4H5BrN2O. The second kappa shape index (κ2) is 2.81. The standard InChI is InChI=1S/C4H5BrN2O/c5-2-1-4-7-6-3-8-4/h3H,1-2H2. The van der Waals surface area contributed by atoms with Crippen molar-refractivity contribution in [1.29, 1.82) is 0 Å². The maximum Gasteiger partial charge on any atom is 0.217 e. The Bertz CT molecular complexity index is 140. The number of hydrogen-bond acceptors (Lipinski definition) is 3. The summed E-state index contributed by atoms with van der Waals surface area (Å²) in [6.07, 6.45) is 2.14. The number of alkyl halides is 1. The second-order valence-electron chi connectivity index (χ2n) is 1.27. The maximum absolute atomic E-state index is 4.82. The van der Waals surface area contributed by atoms with Crippen LogP contribution in [0.5, 0.6) is 0 Å². The van der Waals surface area contributed by atoms with E-state index in [1.165, 1.54) is 6.39 Å². The van der Waals surface area contributed by atoms with E-state index in [9.17, 15) is 0 Å². The first-order valence-corrected chi connectivity index (χ1v) is 3.36. The average Bonchev–Trinajstić information content (AvgIpc) is 2.19. The Morgan fingerprint density at radius 2 is 2.62 bits per heavy atom. The first-order chi connectivity index (χ1) is 3.93. The smallest absolute Gasteiger partial charge is 0.217 e. The summed E-state index contributed by atoms with van der Waals surface area (Å²) in [7, 11) is 0. The fourth-order valence-corrected chi connectivity index (χ4v) is 0.725. The summed E-state index contributed by atoms with van der Waals surface area (Å²) in [5, 5.41) is 8.03. The minimum absolute atomic E-state index is 0.682. The molecule has 0 aliphatic rings. The molecular weight excluding hydrogens is 172 g/mol. The van der Waals surface area contributed by atoms with Crippen molar-refractivity contribution >= 4 is 15.9 Å². The molecule has 0 aliphatic heterocycles. The molecule has 0 amide bonds. The van der Waals surface area contributed by atoms with Crippen LogP contribution < -0.4 is 0 Å². The van der Waals surface area contributed by atoms with Crippen molar-refractivity contribution in [2.45, 2.75) is 6.42 Å². The molecule has 44 valence electrons. The number of rotatable bonds is 2. The van der Waals surface area contributed by atoms with Gasteiger partial charge in [0.1, 0.15) is 0 Å². The minimum Gasteiger partial charge on any atom is -0.428 e. The molecule has 0 spiro atoms. The van der Waals surface area contributed by atoms with E-state index in [1.54, 1.807) is 0 Å². The van der Waals surface area contributed by atoms with Gasteiger partial charge in [-0.25, -0.2) is 0 Å². The Morgan fingerprint density at radius 3 is 3.12 bits per heavy atom. The first kappa shape index (κ1) is 5.75. The summed E-state index contributed by atoms with van der Waals surface area (Å²) in [4.78, 5) is 0. The molecule has 0 saturated carbocycles. The average molecular weight is 177 g/mol. The molecule has 4 heteroatoms. The van der Waals surface area contributed by atoms with Crippen molar-refractivity contribution in [2.24, 2.45) is 0 Å². The number of halogens is 1. The predicted octanol–water partition coefficient (Wildman–Crippen LogP) is 1.01. The van der Waals surface area contributed by atoms with Gasteiger partial charge in [-0.05, 0) is 0 Å². The monoisotopic (exact) mass is 176 g/mol. The van der Waals surface area contributed by atoms with E-state index in [1.807, 2.05) is 0 Å². The highest BCUT2D eigenvalue weighted by atomic mass is 79.9. The van der Waals surface area contributed by atoms with Crippen LogP contribution in [0, 0.1) is 0 Å². The Morgan fingerprint density at radius 1 is 1.75 bits per heavy atom. The predicted molar refractivity (Wildman–Crippen MR) is 31.8 cm³/mol. The van der Waals surface area contributed by atoms with Crippen molar-refractivity contribution in [1.82, 2.24) is 10.2 Å². The lowest BCUT2D eigenvalue weighted by atomic mass is 10.5. The number of aryl methyl sites for hydroxylation is 1. The SMILES string of the molecule is BrCCc1nnco1. The van der Waals surface area contributed by atoms with Gasteiger partial charge in [0, 0.05) is 11.8 Å². The minimum atomic E-state index is 0.682. The molecule has 8 heavy (non-hydrogen) atoms. The van der Waals surface area contributed by atoms with Crippen LogP contribution in [0.15, 0.2) is 10.8 Å². The molecule has 1 aromatic heterocycles. The summed E-state index contributed by atoms with van der Waals surface area (Å²) >= 11 is 3.24. The molecule has 0 fully saturated rings. The zero-order valence-electron chi connectivity index (χ0n) is 4.17. The molecule has 0 aromatic carbocycles. The third-order valence-electron chi connectivity index (χ3n) is 0.714. The molecule has 0 saturated heterocycles. The summed E-state index contributed by atoms with van der Waals surface area (Å²) < 4.78 is 4.82. The van der Waals surface area contributed by atoms with Crippen LogP contribution in [0.3, 0.4) is 0 Å². The largest absolute Gasteiger partial charge is 0.428 e. The Kier molecular flexibility index (Phi) is 2.02. The van der Waals surface area contributed by atoms with E-state index < -0.39 is 0 Å². The Labute approximate surface area is 55.2 Å². The van der Waals surface area contributed by atoms with Crippen LogP contribution in [0.2, 0.25) is 0 Å². The summed E-state index contributed by atoms with van der Waals surface area (Å²) in [6.45, 7) is 0. The topological polar surface area (TPSA) is 38.9 Å². The van der Waals surface area contributed by atoms with Gasteiger partial charge in [0.15, 0.2) is 0 Å². The fraction of sp³-hybridized carbons (Fsp3) is 0.500. The second-order valence-corrected chi connectivity index (χ2v) is 2.06. The van der Waals surface area contributed by atoms with Gasteiger partial charge in [0.2, 0.25) is 12.3 Å². The van der Waals surface area contributed by atoms with Gasteiger partial charge in [-0.3, -0.25) is 0 Å². The van der Waals surface area contributed by atoms with Crippen molar-refractivity contribution in [3.05, 3.63) is 12.3 Å². The van der Waals surface area contributed by atoms with Crippen LogP contribution in [-0.2, 0) is 6.42 Å². The van der Waals surface area contributed by atoms with Crippen molar-refractivity contribution in [3.63, 3.8) is 0 Å².